The van der Waals surface area contributed by atoms with Gasteiger partial charge >= 0.3 is 0 Å². The minimum Gasteiger partial charge on any atom is -0.366 e. The minimum atomic E-state index is -0.452. The number of carbonyl (C=O) groups is 1. The van der Waals surface area contributed by atoms with Crippen LogP contribution in [-0.4, -0.2) is 37.6 Å². The van der Waals surface area contributed by atoms with Crippen LogP contribution in [0.5, 0.6) is 0 Å². The molecule has 3 rings (SSSR count). The van der Waals surface area contributed by atoms with E-state index in [0.29, 0.717) is 35.5 Å². The first kappa shape index (κ1) is 15.9. The Morgan fingerprint density at radius 3 is 2.92 bits per heavy atom. The highest BCUT2D eigenvalue weighted by Gasteiger charge is 2.10. The number of aromatic amines is 1. The summed E-state index contributed by atoms with van der Waals surface area (Å²) in [7, 11) is 3.65. The SMILES string of the molecule is CN(Cc1cccc(C(N)=O)c1)Cc1nc2c(cnn2C)c(=O)[nH]1. The van der Waals surface area contributed by atoms with Gasteiger partial charge in [0.05, 0.1) is 12.7 Å². The fraction of sp³-hybridized carbons (Fsp3) is 0.250. The summed E-state index contributed by atoms with van der Waals surface area (Å²) in [4.78, 5) is 32.5. The lowest BCUT2D eigenvalue weighted by atomic mass is 10.1. The molecule has 2 aromatic heterocycles. The summed E-state index contributed by atoms with van der Waals surface area (Å²) in [6.45, 7) is 1.05. The Labute approximate surface area is 137 Å². The largest absolute Gasteiger partial charge is 0.366 e. The normalized spacial score (nSPS) is 11.3. The van der Waals surface area contributed by atoms with Crippen LogP contribution >= 0.6 is 0 Å². The van der Waals surface area contributed by atoms with Crippen LogP contribution in [0.1, 0.15) is 21.7 Å². The van der Waals surface area contributed by atoms with Crippen molar-refractivity contribution in [1.29, 1.82) is 0 Å². The summed E-state index contributed by atoms with van der Waals surface area (Å²) in [5.74, 6) is 0.108. The Balaban J connectivity index is 1.78. The van der Waals surface area contributed by atoms with Crippen molar-refractivity contribution in [1.82, 2.24) is 24.6 Å². The third-order valence-electron chi connectivity index (χ3n) is 3.73. The van der Waals surface area contributed by atoms with E-state index in [1.54, 1.807) is 29.9 Å². The zero-order valence-electron chi connectivity index (χ0n) is 13.5. The highest BCUT2D eigenvalue weighted by Crippen LogP contribution is 2.10. The minimum absolute atomic E-state index is 0.202. The van der Waals surface area contributed by atoms with Crippen LogP contribution in [0.2, 0.25) is 0 Å². The second kappa shape index (κ2) is 6.25. The van der Waals surface area contributed by atoms with Gasteiger partial charge < -0.3 is 10.7 Å². The number of fused-ring (bicyclic) bond motifs is 1. The number of H-pyrrole nitrogens is 1. The standard InChI is InChI=1S/C16H18N6O2/c1-21(8-10-4-3-5-11(6-10)14(17)23)9-13-19-15-12(16(24)20-13)7-18-22(15)2/h3-7H,8-9H2,1-2H3,(H2,17,23)(H,19,20,24). The summed E-state index contributed by atoms with van der Waals surface area (Å²) in [5, 5.41) is 4.52. The van der Waals surface area contributed by atoms with Crippen molar-refractivity contribution in [3.63, 3.8) is 0 Å². The Kier molecular flexibility index (Phi) is 4.13. The lowest BCUT2D eigenvalue weighted by molar-refractivity contribution is 0.1000. The maximum absolute atomic E-state index is 12.1. The van der Waals surface area contributed by atoms with E-state index in [2.05, 4.69) is 15.1 Å². The number of aryl methyl sites for hydroxylation is 1. The molecule has 0 spiro atoms. The highest BCUT2D eigenvalue weighted by atomic mass is 16.1. The molecule has 0 atom stereocenters. The van der Waals surface area contributed by atoms with Gasteiger partial charge in [-0.05, 0) is 24.7 Å². The molecule has 0 radical (unpaired) electrons. The van der Waals surface area contributed by atoms with E-state index in [1.165, 1.54) is 6.20 Å². The Bertz CT molecular complexity index is 959. The topological polar surface area (TPSA) is 110 Å². The fourth-order valence-electron chi connectivity index (χ4n) is 2.60. The second-order valence-corrected chi connectivity index (χ2v) is 5.75. The van der Waals surface area contributed by atoms with Gasteiger partial charge in [-0.2, -0.15) is 5.10 Å². The van der Waals surface area contributed by atoms with Crippen LogP contribution in [0.4, 0.5) is 0 Å². The van der Waals surface area contributed by atoms with Crippen LogP contribution in [0, 0.1) is 0 Å². The van der Waals surface area contributed by atoms with E-state index in [9.17, 15) is 9.59 Å². The second-order valence-electron chi connectivity index (χ2n) is 5.75. The number of aromatic nitrogens is 4. The monoisotopic (exact) mass is 326 g/mol. The highest BCUT2D eigenvalue weighted by molar-refractivity contribution is 5.92. The third kappa shape index (κ3) is 3.18. The zero-order valence-corrected chi connectivity index (χ0v) is 13.5. The molecule has 0 unspecified atom stereocenters. The summed E-state index contributed by atoms with van der Waals surface area (Å²) < 4.78 is 1.57. The average Bonchev–Trinajstić information content (AvgIpc) is 2.89. The zero-order chi connectivity index (χ0) is 17.3. The maximum atomic E-state index is 12.1. The van der Waals surface area contributed by atoms with Crippen LogP contribution in [-0.2, 0) is 20.1 Å². The number of amides is 1. The molecule has 0 fully saturated rings. The number of hydrogen-bond acceptors (Lipinski definition) is 5. The average molecular weight is 326 g/mol. The number of nitrogens with one attached hydrogen (secondary N) is 1. The maximum Gasteiger partial charge on any atom is 0.262 e. The molecule has 0 saturated carbocycles. The predicted molar refractivity (Wildman–Crippen MR) is 89.3 cm³/mol. The molecule has 2 heterocycles. The van der Waals surface area contributed by atoms with Crippen LogP contribution < -0.4 is 11.3 Å². The van der Waals surface area contributed by atoms with E-state index in [4.69, 9.17) is 5.73 Å². The molecule has 8 heteroatoms. The quantitative estimate of drug-likeness (QED) is 0.704. The summed E-state index contributed by atoms with van der Waals surface area (Å²) >= 11 is 0. The van der Waals surface area contributed by atoms with E-state index in [0.717, 1.165) is 5.56 Å². The van der Waals surface area contributed by atoms with Gasteiger partial charge in [0.15, 0.2) is 5.65 Å². The molecular weight excluding hydrogens is 308 g/mol. The van der Waals surface area contributed by atoms with Gasteiger partial charge in [0.2, 0.25) is 5.91 Å². The van der Waals surface area contributed by atoms with Crippen LogP contribution in [0.25, 0.3) is 11.0 Å². The van der Waals surface area contributed by atoms with Gasteiger partial charge in [0.25, 0.3) is 5.56 Å². The van der Waals surface area contributed by atoms with E-state index >= 15 is 0 Å². The molecule has 3 N–H and O–H groups in total. The van der Waals surface area contributed by atoms with Gasteiger partial charge in [-0.3, -0.25) is 19.2 Å². The molecule has 0 saturated heterocycles. The van der Waals surface area contributed by atoms with E-state index in [1.807, 2.05) is 18.0 Å². The number of nitrogens with two attached hydrogens (primary N) is 1. The van der Waals surface area contributed by atoms with Gasteiger partial charge in [-0.25, -0.2) is 4.98 Å². The molecule has 1 aromatic carbocycles. The summed E-state index contributed by atoms with van der Waals surface area (Å²) in [6.07, 6.45) is 1.50. The number of carbonyl (C=O) groups excluding carboxylic acids is 1. The Hall–Kier alpha value is -3.00. The number of primary amides is 1. The van der Waals surface area contributed by atoms with Crippen molar-refractivity contribution in [3.05, 3.63) is 57.8 Å². The predicted octanol–water partition coefficient (Wildman–Crippen LogP) is 0.388. The van der Waals surface area contributed by atoms with Gasteiger partial charge in [0, 0.05) is 19.2 Å². The first-order chi connectivity index (χ1) is 11.4. The summed E-state index contributed by atoms with van der Waals surface area (Å²) in [6, 6.07) is 7.16. The molecule has 8 nitrogen and oxygen atoms in total. The molecular formula is C16H18N6O2. The van der Waals surface area contributed by atoms with Gasteiger partial charge in [0.1, 0.15) is 11.2 Å². The molecule has 1 amide bonds. The third-order valence-corrected chi connectivity index (χ3v) is 3.73. The van der Waals surface area contributed by atoms with E-state index < -0.39 is 5.91 Å². The first-order valence-electron chi connectivity index (χ1n) is 7.42. The first-order valence-corrected chi connectivity index (χ1v) is 7.42. The molecule has 24 heavy (non-hydrogen) atoms. The van der Waals surface area contributed by atoms with Gasteiger partial charge in [-0.15, -0.1) is 0 Å². The van der Waals surface area contributed by atoms with Crippen molar-refractivity contribution in [2.24, 2.45) is 12.8 Å². The summed E-state index contributed by atoms with van der Waals surface area (Å²) in [5.41, 5.74) is 7.08. The van der Waals surface area contributed by atoms with Crippen molar-refractivity contribution in [2.45, 2.75) is 13.1 Å². The van der Waals surface area contributed by atoms with Crippen molar-refractivity contribution >= 4 is 16.9 Å². The van der Waals surface area contributed by atoms with Crippen LogP contribution in [0.3, 0.4) is 0 Å². The molecule has 0 aliphatic heterocycles. The van der Waals surface area contributed by atoms with Crippen molar-refractivity contribution in [2.75, 3.05) is 7.05 Å². The van der Waals surface area contributed by atoms with Crippen molar-refractivity contribution in [3.8, 4) is 0 Å². The lowest BCUT2D eigenvalue weighted by Crippen LogP contribution is -2.22. The van der Waals surface area contributed by atoms with Crippen LogP contribution in [0.15, 0.2) is 35.3 Å². The van der Waals surface area contributed by atoms with E-state index in [-0.39, 0.29) is 5.56 Å². The number of rotatable bonds is 5. The van der Waals surface area contributed by atoms with Gasteiger partial charge in [-0.1, -0.05) is 12.1 Å². The fourth-order valence-corrected chi connectivity index (χ4v) is 2.60. The Morgan fingerprint density at radius 2 is 2.17 bits per heavy atom. The number of nitrogens with zero attached hydrogens (tertiary/aromatic N) is 4. The Morgan fingerprint density at radius 1 is 1.38 bits per heavy atom. The number of hydrogen-bond donors (Lipinski definition) is 2. The molecule has 0 aliphatic carbocycles. The molecule has 0 aliphatic rings. The number of benzene rings is 1. The molecule has 124 valence electrons. The molecule has 0 bridgehead atoms. The smallest absolute Gasteiger partial charge is 0.262 e. The lowest BCUT2D eigenvalue weighted by Gasteiger charge is -2.16. The van der Waals surface area contributed by atoms with Crippen molar-refractivity contribution < 1.29 is 4.79 Å². The molecule has 3 aromatic rings.